The molecule has 7 heteroatoms. The number of nitrogens with zero attached hydrogens (tertiary/aromatic N) is 3. The van der Waals surface area contributed by atoms with Gasteiger partial charge in [0.15, 0.2) is 0 Å². The molecule has 1 saturated carbocycles. The second kappa shape index (κ2) is 9.87. The summed E-state index contributed by atoms with van der Waals surface area (Å²) in [4.78, 5) is 20.8. The molecule has 1 aliphatic rings. The van der Waals surface area contributed by atoms with Gasteiger partial charge in [0.1, 0.15) is 11.6 Å². The molecule has 0 unspecified atom stereocenters. The minimum Gasteiger partial charge on any atom is -0.372 e. The summed E-state index contributed by atoms with van der Waals surface area (Å²) in [6.45, 7) is 1.90. The molecule has 154 valence electrons. The molecule has 0 spiro atoms. The quantitative estimate of drug-likeness (QED) is 0.612. The summed E-state index contributed by atoms with van der Waals surface area (Å²) in [6.07, 6.45) is 4.23. The highest BCUT2D eigenvalue weighted by Crippen LogP contribution is 2.36. The summed E-state index contributed by atoms with van der Waals surface area (Å²) in [5.74, 6) is 8.55. The van der Waals surface area contributed by atoms with Crippen molar-refractivity contribution >= 4 is 23.2 Å². The molecule has 0 aliphatic heterocycles. The Balaban J connectivity index is 1.60. The first-order valence-electron chi connectivity index (χ1n) is 10.1. The highest BCUT2D eigenvalue weighted by atomic mass is 16.1. The maximum Gasteiger partial charge on any atom is 0.229 e. The number of nitrogens with one attached hydrogen (secondary N) is 3. The monoisotopic (exact) mass is 402 g/mol. The van der Waals surface area contributed by atoms with Gasteiger partial charge >= 0.3 is 0 Å². The van der Waals surface area contributed by atoms with Gasteiger partial charge in [-0.15, -0.1) is 0 Å². The molecule has 1 aliphatic carbocycles. The zero-order valence-electron chi connectivity index (χ0n) is 17.5. The Bertz CT molecular complexity index is 1010. The highest BCUT2D eigenvalue weighted by Gasteiger charge is 2.30. The van der Waals surface area contributed by atoms with E-state index < -0.39 is 0 Å². The van der Waals surface area contributed by atoms with E-state index in [0.29, 0.717) is 35.6 Å². The van der Waals surface area contributed by atoms with Crippen LogP contribution in [0.5, 0.6) is 0 Å². The largest absolute Gasteiger partial charge is 0.372 e. The molecule has 1 aromatic heterocycles. The fourth-order valence-corrected chi connectivity index (χ4v) is 3.34. The summed E-state index contributed by atoms with van der Waals surface area (Å²) < 4.78 is 0. The molecule has 30 heavy (non-hydrogen) atoms. The third-order valence-electron chi connectivity index (χ3n) is 5.33. The van der Waals surface area contributed by atoms with Crippen molar-refractivity contribution in [3.05, 3.63) is 41.6 Å². The van der Waals surface area contributed by atoms with Crippen molar-refractivity contribution in [3.63, 3.8) is 0 Å². The molecule has 1 heterocycles. The van der Waals surface area contributed by atoms with E-state index in [-0.39, 0.29) is 11.8 Å². The summed E-state index contributed by atoms with van der Waals surface area (Å²) in [7, 11) is 3.60. The Morgan fingerprint density at radius 3 is 2.83 bits per heavy atom. The molecule has 1 fully saturated rings. The van der Waals surface area contributed by atoms with Gasteiger partial charge in [0.25, 0.3) is 0 Å². The van der Waals surface area contributed by atoms with E-state index in [1.54, 1.807) is 31.4 Å². The minimum atomic E-state index is -0.0834. The average Bonchev–Trinajstić information content (AvgIpc) is 2.74. The number of hydrogen-bond acceptors (Lipinski definition) is 7. The van der Waals surface area contributed by atoms with Crippen LogP contribution in [0.3, 0.4) is 0 Å². The summed E-state index contributed by atoms with van der Waals surface area (Å²) in [5.41, 5.74) is 2.05. The van der Waals surface area contributed by atoms with Crippen LogP contribution < -0.4 is 16.0 Å². The minimum absolute atomic E-state index is 0.0834. The average molecular weight is 403 g/mol. The molecule has 1 aromatic carbocycles. The fraction of sp³-hybridized carbons (Fsp3) is 0.391. The number of carbonyl (C=O) groups excluding carboxylic acids is 1. The van der Waals surface area contributed by atoms with Gasteiger partial charge in [-0.3, -0.25) is 4.79 Å². The van der Waals surface area contributed by atoms with Crippen molar-refractivity contribution in [2.24, 2.45) is 11.8 Å². The van der Waals surface area contributed by atoms with Crippen molar-refractivity contribution in [2.75, 3.05) is 24.7 Å². The normalized spacial score (nSPS) is 18.2. The van der Waals surface area contributed by atoms with Crippen LogP contribution in [0.2, 0.25) is 0 Å². The van der Waals surface area contributed by atoms with Crippen LogP contribution in [0.4, 0.5) is 17.5 Å². The summed E-state index contributed by atoms with van der Waals surface area (Å²) >= 11 is 0. The summed E-state index contributed by atoms with van der Waals surface area (Å²) in [6, 6.07) is 9.17. The first-order chi connectivity index (χ1) is 14.5. The molecular weight excluding hydrogens is 376 g/mol. The number of hydrogen-bond donors (Lipinski definition) is 3. The zero-order chi connectivity index (χ0) is 21.5. The van der Waals surface area contributed by atoms with E-state index in [9.17, 15) is 4.79 Å². The topological polar surface area (TPSA) is 103 Å². The maximum absolute atomic E-state index is 12.0. The smallest absolute Gasteiger partial charge is 0.229 e. The van der Waals surface area contributed by atoms with Crippen molar-refractivity contribution in [1.29, 1.82) is 5.26 Å². The van der Waals surface area contributed by atoms with Gasteiger partial charge in [-0.05, 0) is 50.9 Å². The molecule has 1 atom stereocenters. The predicted octanol–water partition coefficient (Wildman–Crippen LogP) is 3.08. The maximum atomic E-state index is 12.0. The summed E-state index contributed by atoms with van der Waals surface area (Å²) in [5, 5.41) is 18.2. The fourth-order valence-electron chi connectivity index (χ4n) is 3.34. The Kier molecular flexibility index (Phi) is 7.00. The molecule has 2 aromatic rings. The van der Waals surface area contributed by atoms with Crippen LogP contribution >= 0.6 is 0 Å². The molecule has 0 radical (unpaired) electrons. The van der Waals surface area contributed by atoms with E-state index in [0.717, 1.165) is 24.1 Å². The van der Waals surface area contributed by atoms with Crippen LogP contribution in [-0.2, 0) is 4.79 Å². The molecule has 7 nitrogen and oxygen atoms in total. The van der Waals surface area contributed by atoms with Crippen LogP contribution in [0.1, 0.15) is 37.3 Å². The van der Waals surface area contributed by atoms with Gasteiger partial charge in [-0.25, -0.2) is 4.98 Å². The molecule has 0 saturated heterocycles. The number of rotatable bonds is 7. The van der Waals surface area contributed by atoms with Crippen molar-refractivity contribution in [2.45, 2.75) is 32.2 Å². The van der Waals surface area contributed by atoms with Crippen molar-refractivity contribution in [1.82, 2.24) is 15.3 Å². The number of Topliss-reactive ketones (excluding diaryl/α,β-unsaturated/α-hetero) is 1. The molecule has 0 amide bonds. The van der Waals surface area contributed by atoms with Gasteiger partial charge in [0.2, 0.25) is 5.95 Å². The number of aromatic nitrogens is 2. The van der Waals surface area contributed by atoms with E-state index in [1.165, 1.54) is 0 Å². The van der Waals surface area contributed by atoms with E-state index >= 15 is 0 Å². The van der Waals surface area contributed by atoms with Crippen molar-refractivity contribution in [3.8, 4) is 17.9 Å². The van der Waals surface area contributed by atoms with Crippen LogP contribution in [-0.4, -0.2) is 35.9 Å². The lowest BCUT2D eigenvalue weighted by atomic mass is 9.72. The van der Waals surface area contributed by atoms with Crippen LogP contribution in [0, 0.1) is 35.0 Å². The Labute approximate surface area is 177 Å². The number of nitriles is 1. The van der Waals surface area contributed by atoms with Gasteiger partial charge < -0.3 is 16.0 Å². The van der Waals surface area contributed by atoms with Gasteiger partial charge in [-0.2, -0.15) is 10.2 Å². The Morgan fingerprint density at radius 2 is 2.13 bits per heavy atom. The van der Waals surface area contributed by atoms with Crippen molar-refractivity contribution < 1.29 is 4.79 Å². The molecule has 3 rings (SSSR count). The van der Waals surface area contributed by atoms with E-state index in [2.05, 4.69) is 43.8 Å². The van der Waals surface area contributed by atoms with Gasteiger partial charge in [0.05, 0.1) is 29.4 Å². The molecule has 0 bridgehead atoms. The third-order valence-corrected chi connectivity index (χ3v) is 5.33. The Hall–Kier alpha value is -3.42. The second-order valence-electron chi connectivity index (χ2n) is 7.51. The first kappa shape index (κ1) is 21.3. The number of anilines is 3. The lowest BCUT2D eigenvalue weighted by Gasteiger charge is -2.32. The standard InChI is InChI=1S/C23H26N6O/c1-15(25-2)21(30)12-18-9-16(10-18)7-8-19-14-27-23(29-22(19)26-3)28-20-6-4-5-17(11-20)13-24/h4-6,11,14-16,18,25H,9-10,12H2,1-3H3,(H2,26,27,28,29)/t15-,16?,18?/m0/s1. The highest BCUT2D eigenvalue weighted by molar-refractivity contribution is 5.83. The third kappa shape index (κ3) is 5.34. The lowest BCUT2D eigenvalue weighted by Crippen LogP contribution is -2.34. The van der Waals surface area contributed by atoms with Crippen LogP contribution in [0.25, 0.3) is 0 Å². The lowest BCUT2D eigenvalue weighted by molar-refractivity contribution is -0.122. The predicted molar refractivity (Wildman–Crippen MR) is 117 cm³/mol. The number of carbonyl (C=O) groups is 1. The number of benzene rings is 1. The van der Waals surface area contributed by atoms with Gasteiger partial charge in [0, 0.05) is 25.1 Å². The zero-order valence-corrected chi connectivity index (χ0v) is 17.5. The SMILES string of the molecule is CNc1nc(Nc2cccc(C#N)c2)ncc1C#CC1CC(CC(=O)[C@H](C)NC)C1. The van der Waals surface area contributed by atoms with E-state index in [1.807, 2.05) is 20.0 Å². The number of ketones is 1. The Morgan fingerprint density at radius 1 is 1.33 bits per heavy atom. The van der Waals surface area contributed by atoms with Crippen LogP contribution in [0.15, 0.2) is 30.5 Å². The van der Waals surface area contributed by atoms with E-state index in [4.69, 9.17) is 5.26 Å². The van der Waals surface area contributed by atoms with Gasteiger partial charge in [-0.1, -0.05) is 17.9 Å². The first-order valence-corrected chi connectivity index (χ1v) is 10.1. The second-order valence-corrected chi connectivity index (χ2v) is 7.51. The molecular formula is C23H26N6O. The number of likely N-dealkylation sites (N-methyl/N-ethyl adjacent to an activating group) is 1. The molecule has 3 N–H and O–H groups in total.